The Morgan fingerprint density at radius 3 is 2.00 bits per heavy atom. The predicted molar refractivity (Wildman–Crippen MR) is 125 cm³/mol. The molecule has 0 atom stereocenters. The van der Waals surface area contributed by atoms with Gasteiger partial charge >= 0.3 is 0 Å². The topological polar surface area (TPSA) is 82.1 Å². The Morgan fingerprint density at radius 1 is 0.906 bits per heavy atom. The van der Waals surface area contributed by atoms with Crippen molar-refractivity contribution < 1.29 is 13.2 Å². The number of ether oxygens (including phenoxy) is 1. The van der Waals surface area contributed by atoms with Crippen LogP contribution in [0, 0.1) is 6.92 Å². The maximum absolute atomic E-state index is 13.1. The smallest absolute Gasteiger partial charge is 0.243 e. The van der Waals surface area contributed by atoms with Crippen LogP contribution in [0.15, 0.2) is 29.2 Å². The van der Waals surface area contributed by atoms with E-state index >= 15 is 0 Å². The van der Waals surface area contributed by atoms with Gasteiger partial charge in [0, 0.05) is 58.4 Å². The first kappa shape index (κ1) is 23.0. The van der Waals surface area contributed by atoms with Crippen LogP contribution in [0.2, 0.25) is 5.02 Å². The van der Waals surface area contributed by atoms with Gasteiger partial charge in [-0.25, -0.2) is 18.4 Å². The highest BCUT2D eigenvalue weighted by Gasteiger charge is 2.30. The first-order chi connectivity index (χ1) is 15.3. The van der Waals surface area contributed by atoms with E-state index in [1.165, 1.54) is 23.5 Å². The molecule has 0 saturated carbocycles. The van der Waals surface area contributed by atoms with Crippen molar-refractivity contribution in [1.29, 1.82) is 0 Å². The number of aromatic nitrogens is 2. The minimum Gasteiger partial charge on any atom is -0.495 e. The fourth-order valence-corrected chi connectivity index (χ4v) is 5.78. The minimum absolute atomic E-state index is 0.173. The Morgan fingerprint density at radius 2 is 1.47 bits per heavy atom. The van der Waals surface area contributed by atoms with Gasteiger partial charge < -0.3 is 19.4 Å². The molecule has 2 aliphatic rings. The van der Waals surface area contributed by atoms with Gasteiger partial charge in [-0.2, -0.15) is 4.31 Å². The van der Waals surface area contributed by atoms with Gasteiger partial charge in [-0.1, -0.05) is 11.6 Å². The Kier molecular flexibility index (Phi) is 6.75. The third-order valence-electron chi connectivity index (χ3n) is 5.96. The molecule has 0 N–H and O–H groups in total. The molecule has 0 aliphatic carbocycles. The Hall–Kier alpha value is -2.14. The number of hydrogen-bond donors (Lipinski definition) is 0. The molecule has 2 saturated heterocycles. The van der Waals surface area contributed by atoms with Crippen LogP contribution < -0.4 is 14.5 Å². The van der Waals surface area contributed by atoms with Crippen molar-refractivity contribution in [3.8, 4) is 5.75 Å². The maximum Gasteiger partial charge on any atom is 0.243 e. The fourth-order valence-electron chi connectivity index (χ4n) is 4.01. The molecule has 3 heterocycles. The van der Waals surface area contributed by atoms with Crippen LogP contribution in [0.25, 0.3) is 0 Å². The van der Waals surface area contributed by atoms with Crippen molar-refractivity contribution in [1.82, 2.24) is 19.2 Å². The maximum atomic E-state index is 13.1. The quantitative estimate of drug-likeness (QED) is 0.639. The summed E-state index contributed by atoms with van der Waals surface area (Å²) >= 11 is 6.14. The second-order valence-electron chi connectivity index (χ2n) is 8.11. The number of rotatable bonds is 5. The number of nitrogens with zero attached hydrogens (tertiary/aromatic N) is 6. The van der Waals surface area contributed by atoms with Gasteiger partial charge in [0.15, 0.2) is 0 Å². The zero-order valence-corrected chi connectivity index (χ0v) is 20.2. The second kappa shape index (κ2) is 9.38. The lowest BCUT2D eigenvalue weighted by molar-refractivity contribution is 0.312. The lowest BCUT2D eigenvalue weighted by Gasteiger charge is -2.36. The number of methoxy groups -OCH3 is 1. The molecular weight excluding hydrogens is 452 g/mol. The van der Waals surface area contributed by atoms with Crippen molar-refractivity contribution in [2.75, 3.05) is 76.3 Å². The van der Waals surface area contributed by atoms with E-state index in [0.717, 1.165) is 43.6 Å². The molecule has 9 nitrogen and oxygen atoms in total. The van der Waals surface area contributed by atoms with Gasteiger partial charge in [0.1, 0.15) is 23.2 Å². The van der Waals surface area contributed by atoms with Crippen LogP contribution in [-0.2, 0) is 10.0 Å². The number of likely N-dealkylation sites (N-methyl/N-ethyl adjacent to an activating group) is 1. The van der Waals surface area contributed by atoms with Crippen LogP contribution in [0.1, 0.15) is 5.82 Å². The molecule has 2 aliphatic heterocycles. The largest absolute Gasteiger partial charge is 0.495 e. The zero-order valence-electron chi connectivity index (χ0n) is 18.7. The lowest BCUT2D eigenvalue weighted by Crippen LogP contribution is -2.49. The highest BCUT2D eigenvalue weighted by Crippen LogP contribution is 2.29. The normalized spacial score (nSPS) is 18.8. The summed E-state index contributed by atoms with van der Waals surface area (Å²) in [4.78, 5) is 16.1. The number of halogens is 1. The summed E-state index contributed by atoms with van der Waals surface area (Å²) in [5.74, 6) is 2.95. The molecular formula is C21H29ClN6O3S. The molecule has 174 valence electrons. The predicted octanol–water partition coefficient (Wildman–Crippen LogP) is 1.71. The van der Waals surface area contributed by atoms with E-state index in [1.807, 2.05) is 13.0 Å². The molecule has 0 bridgehead atoms. The summed E-state index contributed by atoms with van der Waals surface area (Å²) in [6.07, 6.45) is 0. The third-order valence-corrected chi connectivity index (χ3v) is 8.15. The van der Waals surface area contributed by atoms with Crippen molar-refractivity contribution in [2.24, 2.45) is 0 Å². The molecule has 11 heteroatoms. The number of aryl methyl sites for hydroxylation is 1. The molecule has 0 unspecified atom stereocenters. The summed E-state index contributed by atoms with van der Waals surface area (Å²) in [6, 6.07) is 6.57. The van der Waals surface area contributed by atoms with E-state index in [2.05, 4.69) is 31.7 Å². The highest BCUT2D eigenvalue weighted by atomic mass is 35.5. The van der Waals surface area contributed by atoms with E-state index in [9.17, 15) is 8.42 Å². The van der Waals surface area contributed by atoms with E-state index in [0.29, 0.717) is 31.9 Å². The monoisotopic (exact) mass is 480 g/mol. The number of sulfonamides is 1. The fraction of sp³-hybridized carbons (Fsp3) is 0.524. The summed E-state index contributed by atoms with van der Waals surface area (Å²) < 4.78 is 32.8. The van der Waals surface area contributed by atoms with Crippen LogP contribution in [0.5, 0.6) is 5.75 Å². The minimum atomic E-state index is -3.63. The SMILES string of the molecule is COc1ccc(S(=O)(=O)N2CCN(c3cc(N4CCN(C)CC4)nc(C)n3)CC2)cc1Cl. The standard InChI is InChI=1S/C21H29ClN6O3S/c1-16-23-20(26-8-6-25(2)7-9-26)15-21(24-16)27-10-12-28(13-11-27)32(29,30)17-4-5-19(31-3)18(22)14-17/h4-5,14-15H,6-13H2,1-3H3. The number of anilines is 2. The lowest BCUT2D eigenvalue weighted by atomic mass is 10.3. The number of hydrogen-bond acceptors (Lipinski definition) is 8. The van der Waals surface area contributed by atoms with Gasteiger partial charge in [-0.05, 0) is 32.2 Å². The van der Waals surface area contributed by atoms with Gasteiger partial charge in [0.2, 0.25) is 10.0 Å². The third kappa shape index (κ3) is 4.78. The van der Waals surface area contributed by atoms with Crippen LogP contribution >= 0.6 is 11.6 Å². The Labute approximate surface area is 194 Å². The summed E-state index contributed by atoms with van der Waals surface area (Å²) in [6.45, 7) is 7.64. The number of benzene rings is 1. The highest BCUT2D eigenvalue weighted by molar-refractivity contribution is 7.89. The van der Waals surface area contributed by atoms with E-state index in [-0.39, 0.29) is 9.92 Å². The summed E-state index contributed by atoms with van der Waals surface area (Å²) in [7, 11) is -0.00777. The molecule has 0 radical (unpaired) electrons. The second-order valence-corrected chi connectivity index (χ2v) is 10.5. The van der Waals surface area contributed by atoms with Crippen molar-refractivity contribution in [2.45, 2.75) is 11.8 Å². The van der Waals surface area contributed by atoms with Gasteiger partial charge in [0.25, 0.3) is 0 Å². The molecule has 2 aromatic rings. The van der Waals surface area contributed by atoms with Crippen molar-refractivity contribution >= 4 is 33.3 Å². The van der Waals surface area contributed by atoms with Crippen LogP contribution in [0.4, 0.5) is 11.6 Å². The van der Waals surface area contributed by atoms with E-state index in [4.69, 9.17) is 16.3 Å². The van der Waals surface area contributed by atoms with Crippen molar-refractivity contribution in [3.63, 3.8) is 0 Å². The molecule has 0 amide bonds. The van der Waals surface area contributed by atoms with Crippen LogP contribution in [0.3, 0.4) is 0 Å². The molecule has 1 aromatic carbocycles. The Bertz CT molecular complexity index is 1070. The van der Waals surface area contributed by atoms with Gasteiger partial charge in [-0.15, -0.1) is 0 Å². The molecule has 32 heavy (non-hydrogen) atoms. The van der Waals surface area contributed by atoms with Crippen LogP contribution in [-0.4, -0.2) is 94.1 Å². The van der Waals surface area contributed by atoms with Gasteiger partial charge in [0.05, 0.1) is 17.0 Å². The zero-order chi connectivity index (χ0) is 22.9. The van der Waals surface area contributed by atoms with E-state index in [1.54, 1.807) is 6.07 Å². The molecule has 1 aromatic heterocycles. The summed E-state index contributed by atoms with van der Waals surface area (Å²) in [5.41, 5.74) is 0. The Balaban J connectivity index is 1.46. The average Bonchev–Trinajstić information content (AvgIpc) is 2.79. The average molecular weight is 481 g/mol. The molecule has 0 spiro atoms. The number of piperazine rings is 2. The van der Waals surface area contributed by atoms with Gasteiger partial charge in [-0.3, -0.25) is 0 Å². The molecule has 4 rings (SSSR count). The first-order valence-corrected chi connectivity index (χ1v) is 12.5. The summed E-state index contributed by atoms with van der Waals surface area (Å²) in [5, 5.41) is 0.278. The first-order valence-electron chi connectivity index (χ1n) is 10.7. The van der Waals surface area contributed by atoms with Crippen molar-refractivity contribution in [3.05, 3.63) is 35.1 Å². The molecule has 2 fully saturated rings. The van der Waals surface area contributed by atoms with E-state index < -0.39 is 10.0 Å².